The molecular weight excluding hydrogens is 446 g/mol. The van der Waals surface area contributed by atoms with Crippen molar-refractivity contribution in [1.29, 1.82) is 0 Å². The second-order valence-electron chi connectivity index (χ2n) is 9.69. The molecule has 1 amide bonds. The molecule has 0 spiro atoms. The lowest BCUT2D eigenvalue weighted by Crippen LogP contribution is -2.50. The van der Waals surface area contributed by atoms with Gasteiger partial charge in [-0.1, -0.05) is 25.5 Å². The minimum Gasteiger partial charge on any atom is -0.394 e. The molecule has 0 aliphatic carbocycles. The molecule has 4 atom stereocenters. The molecule has 0 aromatic heterocycles. The number of amides is 1. The first-order valence-electron chi connectivity index (χ1n) is 11.6. The summed E-state index contributed by atoms with van der Waals surface area (Å²) in [5, 5.41) is 31.7. The van der Waals surface area contributed by atoms with Gasteiger partial charge in [0.05, 0.1) is 19.3 Å². The first-order valence-corrected chi connectivity index (χ1v) is 11.6. The Balaban J connectivity index is 1.68. The van der Waals surface area contributed by atoms with E-state index in [9.17, 15) is 29.7 Å². The van der Waals surface area contributed by atoms with E-state index < -0.39 is 43.1 Å². The molecule has 0 aromatic rings. The van der Waals surface area contributed by atoms with Crippen molar-refractivity contribution in [2.45, 2.75) is 84.4 Å². The summed E-state index contributed by atoms with van der Waals surface area (Å²) in [5.41, 5.74) is 1.54. The summed E-state index contributed by atoms with van der Waals surface area (Å²) in [4.78, 5) is 35.1. The maximum Gasteiger partial charge on any atom is 0.342 e. The van der Waals surface area contributed by atoms with E-state index in [1.165, 1.54) is 6.92 Å². The van der Waals surface area contributed by atoms with Crippen LogP contribution in [0.3, 0.4) is 0 Å². The Bertz CT molecular complexity index is 817. The van der Waals surface area contributed by atoms with E-state index in [1.54, 1.807) is 0 Å². The lowest BCUT2D eigenvalue weighted by atomic mass is 9.83. The van der Waals surface area contributed by atoms with Gasteiger partial charge in [-0.3, -0.25) is 4.79 Å². The number of aliphatic hydroxyl groups excluding tert-OH is 3. The fraction of sp³-hybridized carbons (Fsp3) is 0.708. The van der Waals surface area contributed by atoms with Crippen LogP contribution in [0, 0.1) is 5.41 Å². The zero-order chi connectivity index (χ0) is 25.5. The van der Waals surface area contributed by atoms with E-state index in [0.717, 1.165) is 18.4 Å². The Morgan fingerprint density at radius 2 is 1.97 bits per heavy atom. The summed E-state index contributed by atoms with van der Waals surface area (Å²) in [7, 11) is 0. The molecule has 1 fully saturated rings. The fourth-order valence-electron chi connectivity index (χ4n) is 4.04. The number of allylic oxidation sites excluding steroid dienone is 1. The zero-order valence-electron chi connectivity index (χ0n) is 20.3. The third-order valence-electron chi connectivity index (χ3n) is 6.10. The first kappa shape index (κ1) is 28.1. The van der Waals surface area contributed by atoms with Crippen LogP contribution in [0.25, 0.3) is 0 Å². The molecule has 0 aromatic carbocycles. The smallest absolute Gasteiger partial charge is 0.342 e. The maximum atomic E-state index is 12.1. The van der Waals surface area contributed by atoms with Crippen LogP contribution in [0.15, 0.2) is 22.8 Å². The highest BCUT2D eigenvalue weighted by Crippen LogP contribution is 2.29. The largest absolute Gasteiger partial charge is 0.394 e. The number of ether oxygens (including phenoxy) is 3. The first-order chi connectivity index (χ1) is 15.9. The molecular formula is C24H37NO9. The van der Waals surface area contributed by atoms with Crippen LogP contribution in [0.2, 0.25) is 0 Å². The quantitative estimate of drug-likeness (QED) is 0.180. The van der Waals surface area contributed by atoms with Crippen LogP contribution in [0.1, 0.15) is 59.8 Å². The van der Waals surface area contributed by atoms with Crippen molar-refractivity contribution in [3.05, 3.63) is 22.8 Å². The molecule has 2 rings (SSSR count). The number of hydrogen-bond donors (Lipinski definition) is 4. The van der Waals surface area contributed by atoms with E-state index in [2.05, 4.69) is 23.9 Å². The number of carbonyl (C=O) groups excluding carboxylic acids is 3. The van der Waals surface area contributed by atoms with Gasteiger partial charge in [0.1, 0.15) is 12.2 Å². The number of aliphatic hydroxyl groups is 3. The number of cyclic esters (lactones) is 2. The van der Waals surface area contributed by atoms with Gasteiger partial charge >= 0.3 is 11.9 Å². The SMILES string of the molecule is CC1=C(CCC(=O)NCCC(C)(C)C/C(C)=C/CO[C@@H]2C[C@H](O)[C@H](O)[C@H](CO)O2)C(=O)OC1=O. The second-order valence-corrected chi connectivity index (χ2v) is 9.69. The van der Waals surface area contributed by atoms with Crippen LogP contribution in [0.5, 0.6) is 0 Å². The van der Waals surface area contributed by atoms with Crippen molar-refractivity contribution in [2.75, 3.05) is 19.8 Å². The predicted molar refractivity (Wildman–Crippen MR) is 121 cm³/mol. The molecule has 10 nitrogen and oxygen atoms in total. The Morgan fingerprint density at radius 3 is 2.59 bits per heavy atom. The van der Waals surface area contributed by atoms with Gasteiger partial charge in [0.15, 0.2) is 6.29 Å². The molecule has 34 heavy (non-hydrogen) atoms. The van der Waals surface area contributed by atoms with Crippen molar-refractivity contribution in [3.8, 4) is 0 Å². The molecule has 1 saturated heterocycles. The topological polar surface area (TPSA) is 152 Å². The fourth-order valence-corrected chi connectivity index (χ4v) is 4.04. The van der Waals surface area contributed by atoms with E-state index >= 15 is 0 Å². The lowest BCUT2D eigenvalue weighted by molar-refractivity contribution is -0.253. The average molecular weight is 484 g/mol. The van der Waals surface area contributed by atoms with Crippen molar-refractivity contribution in [2.24, 2.45) is 5.41 Å². The van der Waals surface area contributed by atoms with Crippen LogP contribution in [0.4, 0.5) is 0 Å². The van der Waals surface area contributed by atoms with Crippen LogP contribution >= 0.6 is 0 Å². The minimum absolute atomic E-state index is 0.0850. The van der Waals surface area contributed by atoms with Gasteiger partial charge in [-0.25, -0.2) is 9.59 Å². The van der Waals surface area contributed by atoms with Gasteiger partial charge in [0.25, 0.3) is 0 Å². The summed E-state index contributed by atoms with van der Waals surface area (Å²) in [6.45, 7) is 8.05. The monoisotopic (exact) mass is 483 g/mol. The van der Waals surface area contributed by atoms with E-state index in [0.29, 0.717) is 6.54 Å². The van der Waals surface area contributed by atoms with Gasteiger partial charge in [0.2, 0.25) is 5.91 Å². The Hall–Kier alpha value is -2.11. The Labute approximate surface area is 199 Å². The number of carbonyl (C=O) groups is 3. The molecule has 2 aliphatic rings. The molecule has 0 saturated carbocycles. The molecule has 192 valence electrons. The number of rotatable bonds is 12. The summed E-state index contributed by atoms with van der Waals surface area (Å²) in [6.07, 6.45) is 0.134. The molecule has 0 radical (unpaired) electrons. The van der Waals surface area contributed by atoms with Gasteiger partial charge in [0, 0.05) is 30.5 Å². The molecule has 4 N–H and O–H groups in total. The number of esters is 2. The van der Waals surface area contributed by atoms with Crippen LogP contribution < -0.4 is 5.32 Å². The molecule has 0 unspecified atom stereocenters. The number of hydrogen-bond acceptors (Lipinski definition) is 9. The van der Waals surface area contributed by atoms with Crippen molar-refractivity contribution in [3.63, 3.8) is 0 Å². The highest BCUT2D eigenvalue weighted by Gasteiger charge is 2.36. The van der Waals surface area contributed by atoms with Gasteiger partial charge in [-0.15, -0.1) is 0 Å². The minimum atomic E-state index is -1.13. The van der Waals surface area contributed by atoms with Crippen LogP contribution in [-0.4, -0.2) is 77.5 Å². The van der Waals surface area contributed by atoms with Crippen molar-refractivity contribution >= 4 is 17.8 Å². The van der Waals surface area contributed by atoms with Gasteiger partial charge in [-0.05, 0) is 38.5 Å². The molecule has 0 bridgehead atoms. The Kier molecular flexibility index (Phi) is 10.4. The third-order valence-corrected chi connectivity index (χ3v) is 6.10. The lowest BCUT2D eigenvalue weighted by Gasteiger charge is -2.35. The third kappa shape index (κ3) is 8.28. The summed E-state index contributed by atoms with van der Waals surface area (Å²) >= 11 is 0. The Morgan fingerprint density at radius 1 is 1.26 bits per heavy atom. The normalized spacial score (nSPS) is 26.1. The van der Waals surface area contributed by atoms with E-state index in [4.69, 9.17) is 9.47 Å². The molecule has 10 heteroatoms. The van der Waals surface area contributed by atoms with E-state index in [-0.39, 0.29) is 48.3 Å². The zero-order valence-corrected chi connectivity index (χ0v) is 20.3. The summed E-state index contributed by atoms with van der Waals surface area (Å²) < 4.78 is 15.6. The molecule has 2 aliphatic heterocycles. The maximum absolute atomic E-state index is 12.1. The standard InChI is InChI=1S/C24H37NO9/c1-14(7-10-32-20-11-17(27)21(29)18(13-26)33-20)12-24(3,4)8-9-25-19(28)6-5-16-15(2)22(30)34-23(16)31/h7,17-18,20-21,26-27,29H,5-6,8-13H2,1-4H3,(H,25,28)/b14-7+/t17-,18-,20-,21-/m0/s1. The molecule has 2 heterocycles. The van der Waals surface area contributed by atoms with E-state index in [1.807, 2.05) is 13.0 Å². The number of nitrogens with one attached hydrogen (secondary N) is 1. The second kappa shape index (κ2) is 12.6. The van der Waals surface area contributed by atoms with Crippen molar-refractivity contribution in [1.82, 2.24) is 5.32 Å². The van der Waals surface area contributed by atoms with Gasteiger partial charge in [-0.2, -0.15) is 0 Å². The van der Waals surface area contributed by atoms with Crippen molar-refractivity contribution < 1.29 is 43.9 Å². The average Bonchev–Trinajstić information content (AvgIpc) is 2.99. The highest BCUT2D eigenvalue weighted by atomic mass is 16.7. The van der Waals surface area contributed by atoms with Crippen LogP contribution in [-0.2, 0) is 28.6 Å². The van der Waals surface area contributed by atoms with Gasteiger partial charge < -0.3 is 34.8 Å². The predicted octanol–water partition coefficient (Wildman–Crippen LogP) is 0.881. The summed E-state index contributed by atoms with van der Waals surface area (Å²) in [5.74, 6) is -1.50. The highest BCUT2D eigenvalue weighted by molar-refractivity contribution is 6.12. The summed E-state index contributed by atoms with van der Waals surface area (Å²) in [6, 6.07) is 0.